The van der Waals surface area contributed by atoms with Gasteiger partial charge in [0.1, 0.15) is 12.2 Å². The Bertz CT molecular complexity index is 307. The van der Waals surface area contributed by atoms with Crippen LogP contribution in [-0.2, 0) is 14.3 Å². The van der Waals surface area contributed by atoms with Crippen molar-refractivity contribution in [2.45, 2.75) is 44.0 Å². The number of carbonyl (C=O) groups excluding carboxylic acids is 1. The molecule has 1 amide bonds. The Balaban J connectivity index is 1.64. The van der Waals surface area contributed by atoms with Gasteiger partial charge in [-0.15, -0.1) is 0 Å². The monoisotopic (exact) mass is 272 g/mol. The maximum atomic E-state index is 11.7. The predicted octanol–water partition coefficient (Wildman–Crippen LogP) is -0.589. The third-order valence-corrected chi connectivity index (χ3v) is 3.99. The second-order valence-corrected chi connectivity index (χ2v) is 5.40. The molecule has 0 aromatic rings. The van der Waals surface area contributed by atoms with Crippen molar-refractivity contribution >= 4 is 5.91 Å². The molecule has 0 aromatic carbocycles. The van der Waals surface area contributed by atoms with Crippen LogP contribution >= 0.6 is 0 Å². The van der Waals surface area contributed by atoms with Crippen LogP contribution in [-0.4, -0.2) is 61.7 Å². The van der Waals surface area contributed by atoms with Gasteiger partial charge >= 0.3 is 0 Å². The zero-order valence-electron chi connectivity index (χ0n) is 11.5. The molecule has 2 unspecified atom stereocenters. The Morgan fingerprint density at radius 3 is 2.89 bits per heavy atom. The minimum Gasteiger partial charge on any atom is -0.385 e. The van der Waals surface area contributed by atoms with Crippen molar-refractivity contribution in [2.75, 3.05) is 32.8 Å². The Hall–Kier alpha value is -0.690. The molecule has 2 saturated heterocycles. The van der Waals surface area contributed by atoms with Crippen molar-refractivity contribution in [3.05, 3.63) is 0 Å². The highest BCUT2D eigenvalue weighted by Gasteiger charge is 2.39. The number of ether oxygens (including phenoxy) is 2. The lowest BCUT2D eigenvalue weighted by molar-refractivity contribution is -0.130. The Labute approximate surface area is 113 Å². The van der Waals surface area contributed by atoms with Gasteiger partial charge in [-0.3, -0.25) is 4.79 Å². The topological polar surface area (TPSA) is 79.8 Å². The van der Waals surface area contributed by atoms with E-state index in [1.54, 1.807) is 0 Å². The molecule has 0 aromatic heterocycles. The van der Waals surface area contributed by atoms with E-state index >= 15 is 0 Å². The van der Waals surface area contributed by atoms with Crippen LogP contribution in [0, 0.1) is 0 Å². The molecule has 2 rings (SSSR count). The van der Waals surface area contributed by atoms with E-state index < -0.39 is 5.60 Å². The van der Waals surface area contributed by atoms with Gasteiger partial charge in [0.25, 0.3) is 0 Å². The number of aliphatic hydroxyl groups is 1. The number of piperidine rings is 1. The van der Waals surface area contributed by atoms with Crippen LogP contribution in [0.25, 0.3) is 0 Å². The van der Waals surface area contributed by atoms with E-state index in [1.165, 1.54) is 0 Å². The number of rotatable bonds is 5. The van der Waals surface area contributed by atoms with E-state index in [0.717, 1.165) is 25.9 Å². The SMILES string of the molecule is CC1OCCC1(O)CNC(=O)COC1CCNCC1. The summed E-state index contributed by atoms with van der Waals surface area (Å²) in [4.78, 5) is 11.7. The zero-order chi connectivity index (χ0) is 13.7. The summed E-state index contributed by atoms with van der Waals surface area (Å²) in [7, 11) is 0. The van der Waals surface area contributed by atoms with Gasteiger partial charge in [-0.05, 0) is 32.9 Å². The van der Waals surface area contributed by atoms with Gasteiger partial charge in [0.15, 0.2) is 0 Å². The first-order valence-electron chi connectivity index (χ1n) is 7.03. The quantitative estimate of drug-likeness (QED) is 0.623. The summed E-state index contributed by atoms with van der Waals surface area (Å²) in [5.74, 6) is -0.175. The molecule has 2 heterocycles. The molecule has 2 atom stereocenters. The first-order chi connectivity index (χ1) is 9.10. The Morgan fingerprint density at radius 1 is 1.53 bits per heavy atom. The molecule has 0 saturated carbocycles. The third-order valence-electron chi connectivity index (χ3n) is 3.99. The van der Waals surface area contributed by atoms with Crippen LogP contribution in [0.1, 0.15) is 26.2 Å². The molecular formula is C13H24N2O4. The first-order valence-corrected chi connectivity index (χ1v) is 7.03. The number of amides is 1. The molecule has 0 radical (unpaired) electrons. The van der Waals surface area contributed by atoms with Crippen molar-refractivity contribution < 1.29 is 19.4 Å². The summed E-state index contributed by atoms with van der Waals surface area (Å²) < 4.78 is 10.9. The van der Waals surface area contributed by atoms with E-state index in [9.17, 15) is 9.90 Å². The maximum Gasteiger partial charge on any atom is 0.246 e. The van der Waals surface area contributed by atoms with Crippen LogP contribution in [0.4, 0.5) is 0 Å². The lowest BCUT2D eigenvalue weighted by Gasteiger charge is -2.26. The van der Waals surface area contributed by atoms with Crippen LogP contribution < -0.4 is 10.6 Å². The fourth-order valence-electron chi connectivity index (χ4n) is 2.46. The van der Waals surface area contributed by atoms with E-state index in [2.05, 4.69) is 10.6 Å². The highest BCUT2D eigenvalue weighted by atomic mass is 16.5. The fourth-order valence-corrected chi connectivity index (χ4v) is 2.46. The van der Waals surface area contributed by atoms with E-state index in [4.69, 9.17) is 9.47 Å². The Morgan fingerprint density at radius 2 is 2.26 bits per heavy atom. The highest BCUT2D eigenvalue weighted by molar-refractivity contribution is 5.77. The number of hydrogen-bond donors (Lipinski definition) is 3. The van der Waals surface area contributed by atoms with Gasteiger partial charge in [0.2, 0.25) is 5.91 Å². The summed E-state index contributed by atoms with van der Waals surface area (Å²) >= 11 is 0. The van der Waals surface area contributed by atoms with E-state index in [1.807, 2.05) is 6.92 Å². The van der Waals surface area contributed by atoms with Crippen molar-refractivity contribution in [3.8, 4) is 0 Å². The van der Waals surface area contributed by atoms with Crippen molar-refractivity contribution in [3.63, 3.8) is 0 Å². The molecule has 0 spiro atoms. The van der Waals surface area contributed by atoms with Gasteiger partial charge in [-0.25, -0.2) is 0 Å². The number of nitrogens with one attached hydrogen (secondary N) is 2. The second-order valence-electron chi connectivity index (χ2n) is 5.40. The zero-order valence-corrected chi connectivity index (χ0v) is 11.5. The fraction of sp³-hybridized carbons (Fsp3) is 0.923. The molecule has 19 heavy (non-hydrogen) atoms. The third kappa shape index (κ3) is 4.14. The molecule has 6 nitrogen and oxygen atoms in total. The van der Waals surface area contributed by atoms with E-state index in [0.29, 0.717) is 13.0 Å². The van der Waals surface area contributed by atoms with Crippen LogP contribution in [0.2, 0.25) is 0 Å². The molecule has 3 N–H and O–H groups in total. The summed E-state index contributed by atoms with van der Waals surface area (Å²) in [6.07, 6.45) is 2.38. The van der Waals surface area contributed by atoms with Gasteiger partial charge in [0.05, 0.1) is 12.2 Å². The first kappa shape index (κ1) is 14.7. The lowest BCUT2D eigenvalue weighted by atomic mass is 9.97. The normalized spacial score (nSPS) is 32.4. The minimum atomic E-state index is -0.940. The van der Waals surface area contributed by atoms with Gasteiger partial charge in [0, 0.05) is 19.6 Å². The summed E-state index contributed by atoms with van der Waals surface area (Å²) in [5.41, 5.74) is -0.940. The molecule has 0 bridgehead atoms. The van der Waals surface area contributed by atoms with Crippen LogP contribution in [0.3, 0.4) is 0 Å². The molecule has 2 aliphatic heterocycles. The van der Waals surface area contributed by atoms with Crippen molar-refractivity contribution in [2.24, 2.45) is 0 Å². The minimum absolute atomic E-state index is 0.0655. The molecule has 110 valence electrons. The lowest BCUT2D eigenvalue weighted by Crippen LogP contribution is -2.48. The molecular weight excluding hydrogens is 248 g/mol. The predicted molar refractivity (Wildman–Crippen MR) is 69.8 cm³/mol. The number of carbonyl (C=O) groups is 1. The van der Waals surface area contributed by atoms with Crippen molar-refractivity contribution in [1.29, 1.82) is 0 Å². The second kappa shape index (κ2) is 6.65. The standard InChI is InChI=1S/C13H24N2O4/c1-10-13(17,4-7-18-10)9-15-12(16)8-19-11-2-5-14-6-3-11/h10-11,14,17H,2-9H2,1H3,(H,15,16). The molecule has 2 aliphatic rings. The summed E-state index contributed by atoms with van der Waals surface area (Å²) in [6.45, 7) is 4.55. The van der Waals surface area contributed by atoms with E-state index in [-0.39, 0.29) is 31.3 Å². The van der Waals surface area contributed by atoms with Crippen molar-refractivity contribution in [1.82, 2.24) is 10.6 Å². The van der Waals surface area contributed by atoms with Crippen LogP contribution in [0.5, 0.6) is 0 Å². The van der Waals surface area contributed by atoms with Gasteiger partial charge in [-0.1, -0.05) is 0 Å². The largest absolute Gasteiger partial charge is 0.385 e. The average Bonchev–Trinajstić information content (AvgIpc) is 2.76. The smallest absolute Gasteiger partial charge is 0.246 e. The van der Waals surface area contributed by atoms with Gasteiger partial charge < -0.3 is 25.2 Å². The summed E-state index contributed by atoms with van der Waals surface area (Å²) in [5, 5.41) is 16.2. The maximum absolute atomic E-state index is 11.7. The molecule has 6 heteroatoms. The Kier molecular flexibility index (Phi) is 5.15. The van der Waals surface area contributed by atoms with Crippen LogP contribution in [0.15, 0.2) is 0 Å². The average molecular weight is 272 g/mol. The molecule has 2 fully saturated rings. The summed E-state index contributed by atoms with van der Waals surface area (Å²) in [6, 6.07) is 0. The number of hydrogen-bond acceptors (Lipinski definition) is 5. The highest BCUT2D eigenvalue weighted by Crippen LogP contribution is 2.24. The molecule has 0 aliphatic carbocycles. The van der Waals surface area contributed by atoms with Gasteiger partial charge in [-0.2, -0.15) is 0 Å².